The highest BCUT2D eigenvalue weighted by molar-refractivity contribution is 5.92. The van der Waals surface area contributed by atoms with Gasteiger partial charge in [-0.1, -0.05) is 63.3 Å². The van der Waals surface area contributed by atoms with Crippen molar-refractivity contribution in [3.8, 4) is 0 Å². The van der Waals surface area contributed by atoms with Crippen LogP contribution in [0, 0.1) is 19.8 Å². The van der Waals surface area contributed by atoms with Gasteiger partial charge in [0.1, 0.15) is 17.7 Å². The normalized spacial score (nSPS) is 16.9. The number of nitrogens with zero attached hydrogens (tertiary/aromatic N) is 1. The van der Waals surface area contributed by atoms with Crippen LogP contribution in [0.25, 0.3) is 0 Å². The fourth-order valence-electron chi connectivity index (χ4n) is 4.88. The zero-order valence-electron chi connectivity index (χ0n) is 23.7. The van der Waals surface area contributed by atoms with Crippen LogP contribution in [0.2, 0.25) is 0 Å². The molecule has 208 valence electrons. The van der Waals surface area contributed by atoms with E-state index in [4.69, 9.17) is 4.74 Å². The Hall–Kier alpha value is -2.61. The van der Waals surface area contributed by atoms with Crippen LogP contribution < -0.4 is 10.6 Å². The quantitative estimate of drug-likeness (QED) is 0.422. The summed E-state index contributed by atoms with van der Waals surface area (Å²) >= 11 is 0. The number of carbonyl (C=O) groups is 3. The van der Waals surface area contributed by atoms with E-state index in [1.807, 2.05) is 45.9 Å². The highest BCUT2D eigenvalue weighted by Gasteiger charge is 2.39. The predicted molar refractivity (Wildman–Crippen MR) is 145 cm³/mol. The van der Waals surface area contributed by atoms with Gasteiger partial charge < -0.3 is 25.4 Å². The summed E-state index contributed by atoms with van der Waals surface area (Å²) in [6, 6.07) is 4.01. The maximum Gasteiger partial charge on any atom is 0.408 e. The van der Waals surface area contributed by atoms with E-state index in [1.165, 1.54) is 4.90 Å². The molecule has 37 heavy (non-hydrogen) atoms. The zero-order chi connectivity index (χ0) is 27.8. The molecule has 0 bridgehead atoms. The number of ether oxygens (including phenoxy) is 1. The molecule has 0 spiro atoms. The van der Waals surface area contributed by atoms with E-state index < -0.39 is 29.7 Å². The summed E-state index contributed by atoms with van der Waals surface area (Å²) in [5, 5.41) is 15.9. The van der Waals surface area contributed by atoms with Crippen LogP contribution >= 0.6 is 0 Å². The van der Waals surface area contributed by atoms with Crippen molar-refractivity contribution in [2.45, 2.75) is 111 Å². The fourth-order valence-corrected chi connectivity index (χ4v) is 4.88. The van der Waals surface area contributed by atoms with E-state index in [1.54, 1.807) is 20.8 Å². The number of amides is 3. The molecule has 2 rings (SSSR count). The first-order valence-electron chi connectivity index (χ1n) is 13.7. The average molecular weight is 518 g/mol. The van der Waals surface area contributed by atoms with Crippen molar-refractivity contribution in [2.75, 3.05) is 13.2 Å². The van der Waals surface area contributed by atoms with Crippen LogP contribution in [0.1, 0.15) is 95.9 Å². The van der Waals surface area contributed by atoms with Gasteiger partial charge in [-0.05, 0) is 64.5 Å². The van der Waals surface area contributed by atoms with Crippen molar-refractivity contribution in [1.29, 1.82) is 0 Å². The molecule has 3 amide bonds. The van der Waals surface area contributed by atoms with E-state index in [0.29, 0.717) is 12.0 Å². The number of aliphatic hydroxyl groups is 1. The summed E-state index contributed by atoms with van der Waals surface area (Å²) in [6.07, 6.45) is 5.05. The maximum atomic E-state index is 14.1. The van der Waals surface area contributed by atoms with E-state index in [9.17, 15) is 19.5 Å². The first-order chi connectivity index (χ1) is 17.4. The molecule has 8 nitrogen and oxygen atoms in total. The summed E-state index contributed by atoms with van der Waals surface area (Å²) < 4.78 is 5.43. The molecule has 1 saturated carbocycles. The summed E-state index contributed by atoms with van der Waals surface area (Å²) in [7, 11) is 0. The second-order valence-corrected chi connectivity index (χ2v) is 11.4. The van der Waals surface area contributed by atoms with Crippen molar-refractivity contribution in [2.24, 2.45) is 5.92 Å². The van der Waals surface area contributed by atoms with Crippen molar-refractivity contribution >= 4 is 17.9 Å². The van der Waals surface area contributed by atoms with Gasteiger partial charge in [-0.3, -0.25) is 9.59 Å². The Morgan fingerprint density at radius 1 is 1.14 bits per heavy atom. The third-order valence-electron chi connectivity index (χ3n) is 7.01. The SMILES string of the molecule is CCC(C)C(NC(=O)OC(C)(C)C)C(=O)N(CCO)C(C(=O)NC1CCCCC1)c1ccc(C)cc1C. The number of aryl methyl sites for hydroxylation is 2. The minimum atomic E-state index is -0.936. The largest absolute Gasteiger partial charge is 0.444 e. The van der Waals surface area contributed by atoms with Crippen molar-refractivity contribution < 1.29 is 24.2 Å². The molecule has 3 atom stereocenters. The number of carbonyl (C=O) groups excluding carboxylic acids is 3. The second-order valence-electron chi connectivity index (χ2n) is 11.4. The van der Waals surface area contributed by atoms with Gasteiger partial charge in [-0.15, -0.1) is 0 Å². The Labute approximate surface area is 222 Å². The summed E-state index contributed by atoms with van der Waals surface area (Å²) in [5.41, 5.74) is 1.93. The summed E-state index contributed by atoms with van der Waals surface area (Å²) in [4.78, 5) is 42.0. The van der Waals surface area contributed by atoms with Crippen LogP contribution in [0.5, 0.6) is 0 Å². The van der Waals surface area contributed by atoms with Gasteiger partial charge in [0.05, 0.1) is 6.61 Å². The third kappa shape index (κ3) is 9.02. The number of nitrogens with one attached hydrogen (secondary N) is 2. The number of hydrogen-bond donors (Lipinski definition) is 3. The van der Waals surface area contributed by atoms with Gasteiger partial charge in [-0.25, -0.2) is 4.79 Å². The molecule has 1 aliphatic carbocycles. The molecule has 0 radical (unpaired) electrons. The second kappa shape index (κ2) is 13.8. The Morgan fingerprint density at radius 3 is 2.32 bits per heavy atom. The highest BCUT2D eigenvalue weighted by atomic mass is 16.6. The van der Waals surface area contributed by atoms with Crippen LogP contribution in [0.3, 0.4) is 0 Å². The molecule has 1 aromatic rings. The lowest BCUT2D eigenvalue weighted by molar-refractivity contribution is -0.144. The molecule has 1 aromatic carbocycles. The molecule has 0 saturated heterocycles. The minimum absolute atomic E-state index is 0.0438. The van der Waals surface area contributed by atoms with E-state index in [-0.39, 0.29) is 31.0 Å². The highest BCUT2D eigenvalue weighted by Crippen LogP contribution is 2.28. The minimum Gasteiger partial charge on any atom is -0.444 e. The van der Waals surface area contributed by atoms with E-state index in [2.05, 4.69) is 10.6 Å². The Bertz CT molecular complexity index is 921. The predicted octanol–water partition coefficient (Wildman–Crippen LogP) is 4.55. The van der Waals surface area contributed by atoms with Gasteiger partial charge in [-0.2, -0.15) is 0 Å². The molecular formula is C29H47N3O5. The molecule has 0 heterocycles. The van der Waals surface area contributed by atoms with Gasteiger partial charge in [0.15, 0.2) is 0 Å². The van der Waals surface area contributed by atoms with Gasteiger partial charge in [0.25, 0.3) is 0 Å². The molecule has 3 N–H and O–H groups in total. The lowest BCUT2D eigenvalue weighted by Gasteiger charge is -2.37. The standard InChI is InChI=1S/C29H47N3O5/c1-8-20(3)24(31-28(36)37-29(5,6)7)27(35)32(16-17-33)25(23-15-14-19(2)18-21(23)4)26(34)30-22-12-10-9-11-13-22/h14-15,18,20,22,24-25,33H,8-13,16-17H2,1-7H3,(H,30,34)(H,31,36). The topological polar surface area (TPSA) is 108 Å². The maximum absolute atomic E-state index is 14.1. The smallest absolute Gasteiger partial charge is 0.408 e. The number of benzene rings is 1. The Kier molecular flexibility index (Phi) is 11.4. The molecular weight excluding hydrogens is 470 g/mol. The molecule has 1 aliphatic rings. The molecule has 0 aliphatic heterocycles. The zero-order valence-corrected chi connectivity index (χ0v) is 23.7. The van der Waals surface area contributed by atoms with Crippen molar-refractivity contribution in [1.82, 2.24) is 15.5 Å². The van der Waals surface area contributed by atoms with E-state index in [0.717, 1.165) is 43.2 Å². The van der Waals surface area contributed by atoms with Gasteiger partial charge >= 0.3 is 6.09 Å². The number of hydrogen-bond acceptors (Lipinski definition) is 5. The monoisotopic (exact) mass is 517 g/mol. The average Bonchev–Trinajstić information content (AvgIpc) is 2.82. The van der Waals surface area contributed by atoms with Crippen LogP contribution in [-0.4, -0.2) is 58.8 Å². The summed E-state index contributed by atoms with van der Waals surface area (Å²) in [5.74, 6) is -0.902. The number of alkyl carbamates (subject to hydrolysis) is 1. The first kappa shape index (κ1) is 30.6. The lowest BCUT2D eigenvalue weighted by Crippen LogP contribution is -2.56. The Balaban J connectivity index is 2.48. The Morgan fingerprint density at radius 2 is 1.78 bits per heavy atom. The molecule has 3 unspecified atom stereocenters. The molecule has 1 fully saturated rings. The van der Waals surface area contributed by atoms with Gasteiger partial charge in [0.2, 0.25) is 11.8 Å². The molecule has 8 heteroatoms. The fraction of sp³-hybridized carbons (Fsp3) is 0.690. The number of aliphatic hydroxyl groups excluding tert-OH is 1. The first-order valence-corrected chi connectivity index (χ1v) is 13.7. The van der Waals surface area contributed by atoms with Crippen molar-refractivity contribution in [3.05, 3.63) is 34.9 Å². The van der Waals surface area contributed by atoms with Crippen LogP contribution in [0.15, 0.2) is 18.2 Å². The van der Waals surface area contributed by atoms with Gasteiger partial charge in [0, 0.05) is 12.6 Å². The van der Waals surface area contributed by atoms with Crippen molar-refractivity contribution in [3.63, 3.8) is 0 Å². The van der Waals surface area contributed by atoms with E-state index >= 15 is 0 Å². The number of rotatable bonds is 10. The van der Waals surface area contributed by atoms with Crippen LogP contribution in [0.4, 0.5) is 4.79 Å². The summed E-state index contributed by atoms with van der Waals surface area (Å²) in [6.45, 7) is 12.6. The lowest BCUT2D eigenvalue weighted by atomic mass is 9.92. The molecule has 0 aromatic heterocycles. The third-order valence-corrected chi connectivity index (χ3v) is 7.01. The van der Waals surface area contributed by atoms with Crippen LogP contribution in [-0.2, 0) is 14.3 Å².